The molecule has 0 saturated carbocycles. The van der Waals surface area contributed by atoms with Crippen LogP contribution in [-0.4, -0.2) is 6.54 Å². The number of benzene rings is 1. The van der Waals surface area contributed by atoms with E-state index < -0.39 is 17.9 Å². The summed E-state index contributed by atoms with van der Waals surface area (Å²) in [6.07, 6.45) is -5.55. The molecule has 0 saturated heterocycles. The van der Waals surface area contributed by atoms with Crippen LogP contribution in [0.5, 0.6) is 0 Å². The Kier molecular flexibility index (Phi) is 3.68. The van der Waals surface area contributed by atoms with E-state index in [9.17, 15) is 17.6 Å². The van der Waals surface area contributed by atoms with E-state index in [2.05, 4.69) is 0 Å². The van der Waals surface area contributed by atoms with E-state index in [-0.39, 0.29) is 18.5 Å². The first kappa shape index (κ1) is 12.0. The van der Waals surface area contributed by atoms with Gasteiger partial charge < -0.3 is 5.73 Å². The van der Waals surface area contributed by atoms with Gasteiger partial charge in [-0.15, -0.1) is 0 Å². The molecular weight excluding hydrogens is 210 g/mol. The van der Waals surface area contributed by atoms with Crippen molar-refractivity contribution in [2.24, 2.45) is 5.73 Å². The standard InChI is InChI=1S/C10H11F4N/c11-9(5-6-15)7-1-3-8(4-2-7)10(12,13)14/h1-4,9H,5-6,15H2. The lowest BCUT2D eigenvalue weighted by molar-refractivity contribution is -0.137. The summed E-state index contributed by atoms with van der Waals surface area (Å²) < 4.78 is 49.7. The molecular formula is C10H11F4N. The molecule has 2 N–H and O–H groups in total. The minimum atomic E-state index is -4.38. The number of hydrogen-bond acceptors (Lipinski definition) is 1. The van der Waals surface area contributed by atoms with Crippen molar-refractivity contribution < 1.29 is 17.6 Å². The maximum absolute atomic E-state index is 13.2. The molecule has 1 aromatic rings. The van der Waals surface area contributed by atoms with Gasteiger partial charge in [0.15, 0.2) is 0 Å². The molecule has 0 aliphatic carbocycles. The molecule has 1 rings (SSSR count). The van der Waals surface area contributed by atoms with Crippen LogP contribution in [0.15, 0.2) is 24.3 Å². The Labute approximate surface area is 84.9 Å². The van der Waals surface area contributed by atoms with Crippen LogP contribution >= 0.6 is 0 Å². The van der Waals surface area contributed by atoms with Crippen LogP contribution in [0, 0.1) is 0 Å². The van der Waals surface area contributed by atoms with E-state index in [1.807, 2.05) is 0 Å². The largest absolute Gasteiger partial charge is 0.416 e. The fourth-order valence-electron chi connectivity index (χ4n) is 1.19. The van der Waals surface area contributed by atoms with Crippen molar-refractivity contribution in [2.45, 2.75) is 18.8 Å². The molecule has 0 fully saturated rings. The second-order valence-corrected chi connectivity index (χ2v) is 3.16. The molecule has 0 aromatic heterocycles. The molecule has 0 heterocycles. The average Bonchev–Trinajstić information content (AvgIpc) is 2.17. The molecule has 0 aliphatic rings. The van der Waals surface area contributed by atoms with E-state index in [1.165, 1.54) is 0 Å². The predicted octanol–water partition coefficient (Wildman–Crippen LogP) is 3.06. The van der Waals surface area contributed by atoms with Crippen LogP contribution in [0.2, 0.25) is 0 Å². The first-order valence-electron chi connectivity index (χ1n) is 4.46. The van der Waals surface area contributed by atoms with Crippen molar-refractivity contribution in [3.63, 3.8) is 0 Å². The third-order valence-corrected chi connectivity index (χ3v) is 2.02. The number of nitrogens with two attached hydrogens (primary N) is 1. The van der Waals surface area contributed by atoms with Gasteiger partial charge in [-0.1, -0.05) is 12.1 Å². The number of hydrogen-bond donors (Lipinski definition) is 1. The summed E-state index contributed by atoms with van der Waals surface area (Å²) in [6, 6.07) is 4.03. The minimum Gasteiger partial charge on any atom is -0.330 e. The van der Waals surface area contributed by atoms with Crippen LogP contribution in [-0.2, 0) is 6.18 Å². The van der Waals surface area contributed by atoms with Gasteiger partial charge in [0, 0.05) is 0 Å². The Morgan fingerprint density at radius 3 is 2.07 bits per heavy atom. The summed E-state index contributed by atoms with van der Waals surface area (Å²) in [4.78, 5) is 0. The molecule has 0 radical (unpaired) electrons. The van der Waals surface area contributed by atoms with Gasteiger partial charge in [0.05, 0.1) is 5.56 Å². The molecule has 15 heavy (non-hydrogen) atoms. The molecule has 84 valence electrons. The average molecular weight is 221 g/mol. The van der Waals surface area contributed by atoms with Gasteiger partial charge in [-0.2, -0.15) is 13.2 Å². The Morgan fingerprint density at radius 2 is 1.67 bits per heavy atom. The first-order valence-corrected chi connectivity index (χ1v) is 4.46. The summed E-state index contributed by atoms with van der Waals surface area (Å²) in [7, 11) is 0. The summed E-state index contributed by atoms with van der Waals surface area (Å²) in [5.74, 6) is 0. The van der Waals surface area contributed by atoms with Crippen LogP contribution < -0.4 is 5.73 Å². The highest BCUT2D eigenvalue weighted by Gasteiger charge is 2.30. The van der Waals surface area contributed by atoms with Crippen LogP contribution in [0.4, 0.5) is 17.6 Å². The number of halogens is 4. The van der Waals surface area contributed by atoms with Crippen molar-refractivity contribution in [2.75, 3.05) is 6.54 Å². The topological polar surface area (TPSA) is 26.0 Å². The Hall–Kier alpha value is -1.10. The van der Waals surface area contributed by atoms with Gasteiger partial charge in [-0.25, -0.2) is 4.39 Å². The Morgan fingerprint density at radius 1 is 1.13 bits per heavy atom. The van der Waals surface area contributed by atoms with Gasteiger partial charge in [0.25, 0.3) is 0 Å². The molecule has 0 bridgehead atoms. The third-order valence-electron chi connectivity index (χ3n) is 2.02. The zero-order chi connectivity index (χ0) is 11.5. The lowest BCUT2D eigenvalue weighted by atomic mass is 10.1. The Balaban J connectivity index is 2.81. The van der Waals surface area contributed by atoms with Gasteiger partial charge in [0.2, 0.25) is 0 Å². The van der Waals surface area contributed by atoms with Gasteiger partial charge in [0.1, 0.15) is 6.17 Å². The lowest BCUT2D eigenvalue weighted by Gasteiger charge is -2.09. The normalized spacial score (nSPS) is 13.9. The van der Waals surface area contributed by atoms with Crippen molar-refractivity contribution >= 4 is 0 Å². The molecule has 1 unspecified atom stereocenters. The van der Waals surface area contributed by atoms with Crippen molar-refractivity contribution in [1.82, 2.24) is 0 Å². The number of alkyl halides is 4. The monoisotopic (exact) mass is 221 g/mol. The fourth-order valence-corrected chi connectivity index (χ4v) is 1.19. The lowest BCUT2D eigenvalue weighted by Crippen LogP contribution is -2.06. The smallest absolute Gasteiger partial charge is 0.330 e. The zero-order valence-corrected chi connectivity index (χ0v) is 7.89. The van der Waals surface area contributed by atoms with Crippen molar-refractivity contribution in [3.8, 4) is 0 Å². The molecule has 0 spiro atoms. The first-order chi connectivity index (χ1) is 6.95. The molecule has 1 atom stereocenters. The highest BCUT2D eigenvalue weighted by molar-refractivity contribution is 5.26. The van der Waals surface area contributed by atoms with E-state index in [0.717, 1.165) is 24.3 Å². The van der Waals surface area contributed by atoms with Gasteiger partial charge in [-0.05, 0) is 30.7 Å². The second kappa shape index (κ2) is 4.61. The summed E-state index contributed by atoms with van der Waals surface area (Å²) >= 11 is 0. The van der Waals surface area contributed by atoms with E-state index in [4.69, 9.17) is 5.73 Å². The second-order valence-electron chi connectivity index (χ2n) is 3.16. The summed E-state index contributed by atoms with van der Waals surface area (Å²) in [5.41, 5.74) is 4.60. The highest BCUT2D eigenvalue weighted by Crippen LogP contribution is 2.30. The minimum absolute atomic E-state index is 0.116. The third kappa shape index (κ3) is 3.20. The van der Waals surface area contributed by atoms with E-state index >= 15 is 0 Å². The fraction of sp³-hybridized carbons (Fsp3) is 0.400. The van der Waals surface area contributed by atoms with Gasteiger partial charge >= 0.3 is 6.18 Å². The van der Waals surface area contributed by atoms with Crippen molar-refractivity contribution in [3.05, 3.63) is 35.4 Å². The number of rotatable bonds is 3. The maximum atomic E-state index is 13.2. The quantitative estimate of drug-likeness (QED) is 0.780. The van der Waals surface area contributed by atoms with E-state index in [1.54, 1.807) is 0 Å². The molecule has 5 heteroatoms. The van der Waals surface area contributed by atoms with E-state index in [0.29, 0.717) is 0 Å². The zero-order valence-electron chi connectivity index (χ0n) is 7.89. The highest BCUT2D eigenvalue weighted by atomic mass is 19.4. The van der Waals surface area contributed by atoms with Crippen LogP contribution in [0.25, 0.3) is 0 Å². The van der Waals surface area contributed by atoms with Crippen LogP contribution in [0.1, 0.15) is 23.7 Å². The molecule has 0 amide bonds. The maximum Gasteiger partial charge on any atom is 0.416 e. The summed E-state index contributed by atoms with van der Waals surface area (Å²) in [5, 5.41) is 0. The molecule has 1 nitrogen and oxygen atoms in total. The SMILES string of the molecule is NCCC(F)c1ccc(C(F)(F)F)cc1. The van der Waals surface area contributed by atoms with Gasteiger partial charge in [-0.3, -0.25) is 0 Å². The summed E-state index contributed by atoms with van der Waals surface area (Å²) in [6.45, 7) is 0.169. The molecule has 1 aromatic carbocycles. The van der Waals surface area contributed by atoms with Crippen LogP contribution in [0.3, 0.4) is 0 Å². The Bertz CT molecular complexity index is 304. The van der Waals surface area contributed by atoms with Crippen molar-refractivity contribution in [1.29, 1.82) is 0 Å². The predicted molar refractivity (Wildman–Crippen MR) is 49.0 cm³/mol. The molecule has 0 aliphatic heterocycles.